The Hall–Kier alpha value is -1.91. The van der Waals surface area contributed by atoms with Crippen LogP contribution in [0.4, 0.5) is 0 Å². The van der Waals surface area contributed by atoms with Crippen molar-refractivity contribution in [3.05, 3.63) is 58.7 Å². The van der Waals surface area contributed by atoms with E-state index in [1.165, 1.54) is 5.56 Å². The molecule has 1 N–H and O–H groups in total. The molecule has 3 nitrogen and oxygen atoms in total. The monoisotopic (exact) mass is 386 g/mol. The number of methoxy groups -OCH3 is 1. The van der Waals surface area contributed by atoms with Crippen molar-refractivity contribution in [3.8, 4) is 17.1 Å². The number of ether oxygens (including phenoxy) is 1. The fraction of sp³-hybridized carbons (Fsp3) is 0.286. The van der Waals surface area contributed by atoms with Gasteiger partial charge in [-0.3, -0.25) is 0 Å². The molecule has 2 aromatic carbocycles. The van der Waals surface area contributed by atoms with E-state index in [-0.39, 0.29) is 5.41 Å². The molecule has 136 valence electrons. The third-order valence-electron chi connectivity index (χ3n) is 4.19. The maximum atomic E-state index is 6.15. The van der Waals surface area contributed by atoms with Crippen LogP contribution in [0, 0.1) is 6.92 Å². The summed E-state index contributed by atoms with van der Waals surface area (Å²) in [6.07, 6.45) is 0. The second-order valence-electron chi connectivity index (χ2n) is 7.24. The second-order valence-corrected chi connectivity index (χ2v) is 8.74. The summed E-state index contributed by atoms with van der Waals surface area (Å²) in [5.74, 6) is 1.50. The zero-order valence-electron chi connectivity index (χ0n) is 15.7. The molecule has 0 aliphatic heterocycles. The number of aromatic amines is 1. The molecule has 3 rings (SSSR count). The lowest BCUT2D eigenvalue weighted by Crippen LogP contribution is -2.10. The van der Waals surface area contributed by atoms with E-state index in [2.05, 4.69) is 50.0 Å². The molecular formula is C21H23ClN2OS. The maximum Gasteiger partial charge on any atom is 0.142 e. The molecule has 0 spiro atoms. The third-order valence-corrected chi connectivity index (χ3v) is 5.53. The predicted octanol–water partition coefficient (Wildman–Crippen LogP) is 6.50. The average Bonchev–Trinajstić information content (AvgIpc) is 2.95. The lowest BCUT2D eigenvalue weighted by atomic mass is 9.87. The van der Waals surface area contributed by atoms with E-state index in [4.69, 9.17) is 21.3 Å². The van der Waals surface area contributed by atoms with Gasteiger partial charge in [0.1, 0.15) is 16.6 Å². The molecule has 0 aliphatic carbocycles. The van der Waals surface area contributed by atoms with Gasteiger partial charge in [0.2, 0.25) is 0 Å². The lowest BCUT2D eigenvalue weighted by molar-refractivity contribution is 0.416. The molecule has 5 heteroatoms. The van der Waals surface area contributed by atoms with Gasteiger partial charge < -0.3 is 9.72 Å². The SMILES string of the molecule is COc1ccc(Cl)cc1-c1nc(Sc2ccc(C(C)(C)C)cc2)c(C)[nH]1. The summed E-state index contributed by atoms with van der Waals surface area (Å²) in [5.41, 5.74) is 3.36. The Labute approximate surface area is 164 Å². The molecule has 0 radical (unpaired) electrons. The summed E-state index contributed by atoms with van der Waals surface area (Å²) in [4.78, 5) is 9.28. The first-order valence-electron chi connectivity index (χ1n) is 8.47. The maximum absolute atomic E-state index is 6.15. The van der Waals surface area contributed by atoms with E-state index in [9.17, 15) is 0 Å². The van der Waals surface area contributed by atoms with Gasteiger partial charge in [0, 0.05) is 15.6 Å². The van der Waals surface area contributed by atoms with E-state index in [0.29, 0.717) is 5.02 Å². The van der Waals surface area contributed by atoms with Crippen molar-refractivity contribution in [2.45, 2.75) is 43.0 Å². The predicted molar refractivity (Wildman–Crippen MR) is 110 cm³/mol. The first kappa shape index (κ1) is 18.9. The topological polar surface area (TPSA) is 37.9 Å². The van der Waals surface area contributed by atoms with E-state index >= 15 is 0 Å². The molecule has 0 aliphatic rings. The van der Waals surface area contributed by atoms with Gasteiger partial charge in [-0.2, -0.15) is 0 Å². The number of halogens is 1. The molecule has 0 unspecified atom stereocenters. The van der Waals surface area contributed by atoms with Crippen molar-refractivity contribution in [1.29, 1.82) is 0 Å². The van der Waals surface area contributed by atoms with Crippen LogP contribution in [0.25, 0.3) is 11.4 Å². The van der Waals surface area contributed by atoms with Gasteiger partial charge in [-0.05, 0) is 48.2 Å². The number of hydrogen-bond acceptors (Lipinski definition) is 3. The number of H-pyrrole nitrogens is 1. The number of nitrogens with one attached hydrogen (secondary N) is 1. The molecule has 0 bridgehead atoms. The molecule has 3 aromatic rings. The number of rotatable bonds is 4. The van der Waals surface area contributed by atoms with E-state index in [1.54, 1.807) is 18.9 Å². The average molecular weight is 387 g/mol. The van der Waals surface area contributed by atoms with Crippen LogP contribution in [0.3, 0.4) is 0 Å². The molecule has 26 heavy (non-hydrogen) atoms. The van der Waals surface area contributed by atoms with Gasteiger partial charge in [-0.1, -0.05) is 56.3 Å². The zero-order valence-corrected chi connectivity index (χ0v) is 17.3. The normalized spacial score (nSPS) is 11.6. The lowest BCUT2D eigenvalue weighted by Gasteiger charge is -2.18. The summed E-state index contributed by atoms with van der Waals surface area (Å²) < 4.78 is 5.44. The number of benzene rings is 2. The number of nitrogens with zero attached hydrogens (tertiary/aromatic N) is 1. The highest BCUT2D eigenvalue weighted by atomic mass is 35.5. The van der Waals surface area contributed by atoms with E-state index in [0.717, 1.165) is 32.8 Å². The zero-order chi connectivity index (χ0) is 18.9. The minimum absolute atomic E-state index is 0.155. The van der Waals surface area contributed by atoms with E-state index < -0.39 is 0 Å². The number of hydrogen-bond donors (Lipinski definition) is 1. The Bertz CT molecular complexity index is 911. The summed E-state index contributed by atoms with van der Waals surface area (Å²) >= 11 is 7.80. The van der Waals surface area contributed by atoms with Crippen LogP contribution >= 0.6 is 23.4 Å². The Morgan fingerprint density at radius 1 is 1.08 bits per heavy atom. The molecule has 0 amide bonds. The van der Waals surface area contributed by atoms with Gasteiger partial charge in [0.15, 0.2) is 0 Å². The first-order chi connectivity index (χ1) is 12.3. The van der Waals surface area contributed by atoms with Crippen LogP contribution < -0.4 is 4.74 Å². The summed E-state index contributed by atoms with van der Waals surface area (Å²) in [5, 5.41) is 1.60. The Morgan fingerprint density at radius 2 is 1.77 bits per heavy atom. The molecule has 0 fully saturated rings. The highest BCUT2D eigenvalue weighted by Crippen LogP contribution is 2.35. The standard InChI is InChI=1S/C21H23ClN2OS/c1-13-20(26-16-9-6-14(7-10-16)21(2,3)4)24-19(23-13)17-12-15(22)8-11-18(17)25-5/h6-12H,1-5H3,(H,23,24). The van der Waals surface area contributed by atoms with Crippen LogP contribution in [0.2, 0.25) is 5.02 Å². The molecule has 0 saturated carbocycles. The first-order valence-corrected chi connectivity index (χ1v) is 9.66. The van der Waals surface area contributed by atoms with Crippen LogP contribution in [0.15, 0.2) is 52.4 Å². The molecule has 1 aromatic heterocycles. The molecular weight excluding hydrogens is 364 g/mol. The minimum atomic E-state index is 0.155. The summed E-state index contributed by atoms with van der Waals surface area (Å²) in [7, 11) is 1.65. The van der Waals surface area contributed by atoms with Gasteiger partial charge in [-0.15, -0.1) is 0 Å². The summed E-state index contributed by atoms with van der Waals surface area (Å²) in [6.45, 7) is 8.69. The largest absolute Gasteiger partial charge is 0.496 e. The van der Waals surface area contributed by atoms with Gasteiger partial charge in [-0.25, -0.2) is 4.98 Å². The van der Waals surface area contributed by atoms with Crippen molar-refractivity contribution in [1.82, 2.24) is 9.97 Å². The van der Waals surface area contributed by atoms with Crippen LogP contribution in [-0.4, -0.2) is 17.1 Å². The molecule has 0 saturated heterocycles. The van der Waals surface area contributed by atoms with Crippen molar-refractivity contribution >= 4 is 23.4 Å². The van der Waals surface area contributed by atoms with Crippen molar-refractivity contribution in [3.63, 3.8) is 0 Å². The third kappa shape index (κ3) is 4.08. The number of aromatic nitrogens is 2. The highest BCUT2D eigenvalue weighted by molar-refractivity contribution is 7.99. The van der Waals surface area contributed by atoms with Crippen LogP contribution in [0.1, 0.15) is 32.0 Å². The number of imidazole rings is 1. The molecule has 1 heterocycles. The Kier molecular flexibility index (Phi) is 5.35. The fourth-order valence-electron chi connectivity index (χ4n) is 2.67. The fourth-order valence-corrected chi connectivity index (χ4v) is 3.68. The smallest absolute Gasteiger partial charge is 0.142 e. The van der Waals surface area contributed by atoms with E-state index in [1.807, 2.05) is 25.1 Å². The quantitative estimate of drug-likeness (QED) is 0.556. The van der Waals surface area contributed by atoms with Gasteiger partial charge in [0.05, 0.1) is 12.7 Å². The Morgan fingerprint density at radius 3 is 2.38 bits per heavy atom. The number of aryl methyl sites for hydroxylation is 1. The van der Waals surface area contributed by atoms with Crippen molar-refractivity contribution in [2.75, 3.05) is 7.11 Å². The Balaban J connectivity index is 1.89. The van der Waals surface area contributed by atoms with Gasteiger partial charge in [0.25, 0.3) is 0 Å². The van der Waals surface area contributed by atoms with Crippen LogP contribution in [-0.2, 0) is 5.41 Å². The highest BCUT2D eigenvalue weighted by Gasteiger charge is 2.16. The minimum Gasteiger partial charge on any atom is -0.496 e. The molecule has 0 atom stereocenters. The van der Waals surface area contributed by atoms with Crippen molar-refractivity contribution < 1.29 is 4.74 Å². The summed E-state index contributed by atoms with van der Waals surface area (Å²) in [6, 6.07) is 14.2. The van der Waals surface area contributed by atoms with Crippen molar-refractivity contribution in [2.24, 2.45) is 0 Å². The van der Waals surface area contributed by atoms with Gasteiger partial charge >= 0.3 is 0 Å². The van der Waals surface area contributed by atoms with Crippen LogP contribution in [0.5, 0.6) is 5.75 Å². The second kappa shape index (κ2) is 7.37.